The Kier molecular flexibility index (Phi) is 5.95. The van der Waals surface area contributed by atoms with Gasteiger partial charge in [-0.2, -0.15) is 0 Å². The molecule has 0 saturated heterocycles. The van der Waals surface area contributed by atoms with Crippen molar-refractivity contribution in [1.82, 2.24) is 16.0 Å². The number of carbonyl (C=O) groups excluding carboxylic acids is 3. The fourth-order valence-corrected chi connectivity index (χ4v) is 3.16. The van der Waals surface area contributed by atoms with Gasteiger partial charge in [0.1, 0.15) is 0 Å². The first-order valence-electron chi connectivity index (χ1n) is 8.31. The molecule has 0 unspecified atom stereocenters. The SMILES string of the molecule is CC(=O)NCC(=O)NCC(=O)NC1(c2cccc(C)c2)CCCC1. The van der Waals surface area contributed by atoms with Crippen LogP contribution in [0.5, 0.6) is 0 Å². The summed E-state index contributed by atoms with van der Waals surface area (Å²) in [7, 11) is 0. The zero-order valence-electron chi connectivity index (χ0n) is 14.3. The van der Waals surface area contributed by atoms with Crippen LogP contribution in [0, 0.1) is 6.92 Å². The number of benzene rings is 1. The molecular weight excluding hydrogens is 306 g/mol. The molecule has 3 N–H and O–H groups in total. The van der Waals surface area contributed by atoms with Crippen LogP contribution in [0.3, 0.4) is 0 Å². The van der Waals surface area contributed by atoms with Crippen molar-refractivity contribution in [2.45, 2.75) is 45.1 Å². The van der Waals surface area contributed by atoms with Gasteiger partial charge in [0.15, 0.2) is 0 Å². The summed E-state index contributed by atoms with van der Waals surface area (Å²) >= 11 is 0. The lowest BCUT2D eigenvalue weighted by Crippen LogP contribution is -2.48. The number of nitrogens with one attached hydrogen (secondary N) is 3. The molecule has 130 valence electrons. The normalized spacial score (nSPS) is 15.6. The van der Waals surface area contributed by atoms with Crippen LogP contribution in [0.2, 0.25) is 0 Å². The van der Waals surface area contributed by atoms with Crippen LogP contribution in [-0.4, -0.2) is 30.8 Å². The van der Waals surface area contributed by atoms with Crippen LogP contribution in [0.4, 0.5) is 0 Å². The molecule has 6 nitrogen and oxygen atoms in total. The Balaban J connectivity index is 1.95. The number of hydrogen-bond acceptors (Lipinski definition) is 3. The fraction of sp³-hybridized carbons (Fsp3) is 0.500. The van der Waals surface area contributed by atoms with Gasteiger partial charge in [0.05, 0.1) is 18.6 Å². The highest BCUT2D eigenvalue weighted by atomic mass is 16.2. The largest absolute Gasteiger partial charge is 0.347 e. The molecule has 1 aromatic carbocycles. The van der Waals surface area contributed by atoms with E-state index in [-0.39, 0.29) is 36.3 Å². The Hall–Kier alpha value is -2.37. The first kappa shape index (κ1) is 18.0. The fourth-order valence-electron chi connectivity index (χ4n) is 3.16. The third kappa shape index (κ3) is 4.81. The van der Waals surface area contributed by atoms with E-state index in [0.717, 1.165) is 36.8 Å². The van der Waals surface area contributed by atoms with E-state index in [2.05, 4.69) is 22.0 Å². The summed E-state index contributed by atoms with van der Waals surface area (Å²) in [4.78, 5) is 34.6. The van der Waals surface area contributed by atoms with Gasteiger partial charge in [-0.05, 0) is 25.3 Å². The summed E-state index contributed by atoms with van der Waals surface area (Å²) in [5.74, 6) is -0.870. The van der Waals surface area contributed by atoms with E-state index in [0.29, 0.717) is 0 Å². The third-order valence-electron chi connectivity index (χ3n) is 4.35. The minimum atomic E-state index is -0.378. The minimum absolute atomic E-state index is 0.0913. The lowest BCUT2D eigenvalue weighted by Gasteiger charge is -2.31. The van der Waals surface area contributed by atoms with Gasteiger partial charge in [-0.15, -0.1) is 0 Å². The third-order valence-corrected chi connectivity index (χ3v) is 4.35. The Morgan fingerprint density at radius 2 is 1.71 bits per heavy atom. The van der Waals surface area contributed by atoms with E-state index in [9.17, 15) is 14.4 Å². The molecule has 3 amide bonds. The predicted molar refractivity (Wildman–Crippen MR) is 91.2 cm³/mol. The average Bonchev–Trinajstić information content (AvgIpc) is 3.00. The quantitative estimate of drug-likeness (QED) is 0.730. The Labute approximate surface area is 142 Å². The van der Waals surface area contributed by atoms with Crippen molar-refractivity contribution in [2.24, 2.45) is 0 Å². The van der Waals surface area contributed by atoms with Gasteiger partial charge < -0.3 is 16.0 Å². The maximum Gasteiger partial charge on any atom is 0.240 e. The highest BCUT2D eigenvalue weighted by Gasteiger charge is 2.36. The van der Waals surface area contributed by atoms with E-state index >= 15 is 0 Å². The molecule has 1 fully saturated rings. The van der Waals surface area contributed by atoms with Crippen molar-refractivity contribution in [3.8, 4) is 0 Å². The van der Waals surface area contributed by atoms with Crippen LogP contribution >= 0.6 is 0 Å². The molecule has 0 radical (unpaired) electrons. The van der Waals surface area contributed by atoms with Gasteiger partial charge in [-0.25, -0.2) is 0 Å². The van der Waals surface area contributed by atoms with Gasteiger partial charge in [0.2, 0.25) is 17.7 Å². The topological polar surface area (TPSA) is 87.3 Å². The number of carbonyl (C=O) groups is 3. The number of hydrogen-bond donors (Lipinski definition) is 3. The van der Waals surface area contributed by atoms with Gasteiger partial charge in [0.25, 0.3) is 0 Å². The highest BCUT2D eigenvalue weighted by molar-refractivity contribution is 5.88. The van der Waals surface area contributed by atoms with Gasteiger partial charge in [-0.1, -0.05) is 42.7 Å². The minimum Gasteiger partial charge on any atom is -0.347 e. The van der Waals surface area contributed by atoms with Crippen molar-refractivity contribution in [2.75, 3.05) is 13.1 Å². The molecule has 0 aliphatic heterocycles. The molecule has 0 spiro atoms. The second-order valence-electron chi connectivity index (χ2n) is 6.39. The number of amides is 3. The molecule has 0 bridgehead atoms. The van der Waals surface area contributed by atoms with Crippen LogP contribution in [0.25, 0.3) is 0 Å². The van der Waals surface area contributed by atoms with Gasteiger partial charge in [-0.3, -0.25) is 14.4 Å². The number of rotatable bonds is 6. The second-order valence-corrected chi connectivity index (χ2v) is 6.39. The zero-order valence-corrected chi connectivity index (χ0v) is 14.3. The van der Waals surface area contributed by atoms with E-state index in [1.54, 1.807) is 0 Å². The van der Waals surface area contributed by atoms with Gasteiger partial charge in [0, 0.05) is 6.92 Å². The first-order chi connectivity index (χ1) is 11.4. The molecule has 1 aliphatic rings. The number of aryl methyl sites for hydroxylation is 1. The summed E-state index contributed by atoms with van der Waals surface area (Å²) in [5.41, 5.74) is 1.94. The summed E-state index contributed by atoms with van der Waals surface area (Å²) in [5, 5.41) is 8.04. The summed E-state index contributed by atoms with van der Waals surface area (Å²) in [6.45, 7) is 3.17. The monoisotopic (exact) mass is 331 g/mol. The van der Waals surface area contributed by atoms with Crippen molar-refractivity contribution < 1.29 is 14.4 Å². The average molecular weight is 331 g/mol. The predicted octanol–water partition coefficient (Wildman–Crippen LogP) is 1.13. The van der Waals surface area contributed by atoms with Crippen LogP contribution in [-0.2, 0) is 19.9 Å². The van der Waals surface area contributed by atoms with E-state index in [1.165, 1.54) is 6.92 Å². The highest BCUT2D eigenvalue weighted by Crippen LogP contribution is 2.38. The van der Waals surface area contributed by atoms with E-state index < -0.39 is 0 Å². The first-order valence-corrected chi connectivity index (χ1v) is 8.31. The van der Waals surface area contributed by atoms with E-state index in [1.807, 2.05) is 25.1 Å². The molecule has 6 heteroatoms. The van der Waals surface area contributed by atoms with Crippen LogP contribution < -0.4 is 16.0 Å². The Bertz CT molecular complexity index is 622. The lowest BCUT2D eigenvalue weighted by atomic mass is 9.87. The molecule has 0 heterocycles. The zero-order chi connectivity index (χ0) is 17.6. The van der Waals surface area contributed by atoms with E-state index in [4.69, 9.17) is 0 Å². The summed E-state index contributed by atoms with van der Waals surface area (Å²) in [6, 6.07) is 8.21. The molecule has 1 aliphatic carbocycles. The molecule has 0 aromatic heterocycles. The molecular formula is C18H25N3O3. The Morgan fingerprint density at radius 3 is 2.33 bits per heavy atom. The van der Waals surface area contributed by atoms with Gasteiger partial charge >= 0.3 is 0 Å². The maximum atomic E-state index is 12.3. The molecule has 2 rings (SSSR count). The van der Waals surface area contributed by atoms with Crippen molar-refractivity contribution >= 4 is 17.7 Å². The smallest absolute Gasteiger partial charge is 0.240 e. The summed E-state index contributed by atoms with van der Waals surface area (Å²) in [6.07, 6.45) is 3.95. The van der Waals surface area contributed by atoms with Crippen molar-refractivity contribution in [3.63, 3.8) is 0 Å². The van der Waals surface area contributed by atoms with Crippen LogP contribution in [0.1, 0.15) is 43.7 Å². The Morgan fingerprint density at radius 1 is 1.04 bits per heavy atom. The molecule has 24 heavy (non-hydrogen) atoms. The maximum absolute atomic E-state index is 12.3. The summed E-state index contributed by atoms with van der Waals surface area (Å²) < 4.78 is 0. The van der Waals surface area contributed by atoms with Crippen molar-refractivity contribution in [1.29, 1.82) is 0 Å². The van der Waals surface area contributed by atoms with Crippen molar-refractivity contribution in [3.05, 3.63) is 35.4 Å². The standard InChI is InChI=1S/C18H25N3O3/c1-13-6-5-7-15(10-13)18(8-3-4-9-18)21-17(24)12-20-16(23)11-19-14(2)22/h5-7,10H,3-4,8-9,11-12H2,1-2H3,(H,19,22)(H,20,23)(H,21,24). The van der Waals surface area contributed by atoms with Crippen LogP contribution in [0.15, 0.2) is 24.3 Å². The second kappa shape index (κ2) is 7.95. The molecule has 1 aromatic rings. The lowest BCUT2D eigenvalue weighted by molar-refractivity contribution is -0.127. The molecule has 0 atom stereocenters. The molecule has 1 saturated carbocycles.